The van der Waals surface area contributed by atoms with Gasteiger partial charge in [-0.05, 0) is 41.3 Å². The Labute approximate surface area is 166 Å². The highest BCUT2D eigenvalue weighted by Crippen LogP contribution is 2.41. The molecule has 2 aromatic rings. The number of fused-ring (bicyclic) bond motifs is 1. The van der Waals surface area contributed by atoms with Crippen molar-refractivity contribution in [3.05, 3.63) is 62.3 Å². The Morgan fingerprint density at radius 1 is 1.33 bits per heavy atom. The number of carbonyl (C=O) groups is 2. The van der Waals surface area contributed by atoms with Crippen LogP contribution in [0.25, 0.3) is 5.57 Å². The molecule has 0 aliphatic carbocycles. The topological polar surface area (TPSA) is 67.4 Å². The van der Waals surface area contributed by atoms with E-state index in [0.717, 1.165) is 22.4 Å². The average molecular weight is 403 g/mol. The van der Waals surface area contributed by atoms with Gasteiger partial charge in [0, 0.05) is 22.9 Å². The minimum atomic E-state index is -0.665. The van der Waals surface area contributed by atoms with Gasteiger partial charge >= 0.3 is 0 Å². The number of thiophene rings is 1. The second-order valence-electron chi connectivity index (χ2n) is 6.54. The second kappa shape index (κ2) is 7.46. The van der Waals surface area contributed by atoms with Crippen molar-refractivity contribution in [1.82, 2.24) is 10.6 Å². The van der Waals surface area contributed by atoms with Crippen LogP contribution in [0.4, 0.5) is 0 Å². The molecule has 2 aliphatic heterocycles. The summed E-state index contributed by atoms with van der Waals surface area (Å²) in [6.07, 6.45) is 2.89. The summed E-state index contributed by atoms with van der Waals surface area (Å²) in [6, 6.07) is 8.84. The van der Waals surface area contributed by atoms with Crippen molar-refractivity contribution in [3.8, 4) is 0 Å². The van der Waals surface area contributed by atoms with Crippen LogP contribution in [-0.2, 0) is 9.53 Å². The van der Waals surface area contributed by atoms with Crippen molar-refractivity contribution in [1.29, 1.82) is 0 Å². The van der Waals surface area contributed by atoms with Crippen molar-refractivity contribution in [2.24, 2.45) is 0 Å². The SMILES string of the molecule is CNC(=O)C1NC(=O)c2sc(C3=CCOCC3)cc2C1c1ccc(Cl)cc1. The van der Waals surface area contributed by atoms with Gasteiger partial charge in [0.15, 0.2) is 0 Å². The van der Waals surface area contributed by atoms with Crippen LogP contribution in [0.15, 0.2) is 36.4 Å². The number of ether oxygens (including phenoxy) is 1. The summed E-state index contributed by atoms with van der Waals surface area (Å²) in [5.74, 6) is -0.680. The number of hydrogen-bond donors (Lipinski definition) is 2. The Kier molecular flexibility index (Phi) is 5.04. The fraction of sp³-hybridized carbons (Fsp3) is 0.300. The molecule has 27 heavy (non-hydrogen) atoms. The van der Waals surface area contributed by atoms with Gasteiger partial charge in [-0.2, -0.15) is 0 Å². The largest absolute Gasteiger partial charge is 0.377 e. The first-order valence-corrected chi connectivity index (χ1v) is 9.96. The van der Waals surface area contributed by atoms with E-state index in [1.165, 1.54) is 16.9 Å². The lowest BCUT2D eigenvalue weighted by atomic mass is 9.82. The van der Waals surface area contributed by atoms with Crippen LogP contribution in [0.1, 0.15) is 38.0 Å². The summed E-state index contributed by atoms with van der Waals surface area (Å²) in [6.45, 7) is 1.27. The molecule has 0 bridgehead atoms. The minimum absolute atomic E-state index is 0.201. The smallest absolute Gasteiger partial charge is 0.262 e. The molecular weight excluding hydrogens is 384 g/mol. The number of halogens is 1. The molecule has 1 aromatic carbocycles. The Bertz CT molecular complexity index is 920. The van der Waals surface area contributed by atoms with Gasteiger partial charge in [0.05, 0.1) is 18.1 Å². The molecule has 3 heterocycles. The molecular formula is C20H19ClN2O3S. The standard InChI is InChI=1S/C20H19ClN2O3S/c1-22-19(24)17-16(12-2-4-13(21)5-3-12)14-10-15(11-6-8-26-9-7-11)27-18(14)20(25)23-17/h2-6,10,16-17H,7-9H2,1H3,(H,22,24)(H,23,25). The van der Waals surface area contributed by atoms with Gasteiger partial charge < -0.3 is 15.4 Å². The van der Waals surface area contributed by atoms with E-state index >= 15 is 0 Å². The van der Waals surface area contributed by atoms with Crippen molar-refractivity contribution >= 4 is 40.3 Å². The number of rotatable bonds is 3. The first-order chi connectivity index (χ1) is 13.1. The van der Waals surface area contributed by atoms with Gasteiger partial charge in [-0.15, -0.1) is 11.3 Å². The third-order valence-electron chi connectivity index (χ3n) is 4.96. The number of amides is 2. The van der Waals surface area contributed by atoms with Crippen LogP contribution < -0.4 is 10.6 Å². The third-order valence-corrected chi connectivity index (χ3v) is 6.44. The molecule has 5 nitrogen and oxygen atoms in total. The molecule has 2 atom stereocenters. The predicted octanol–water partition coefficient (Wildman–Crippen LogP) is 3.20. The maximum absolute atomic E-state index is 12.7. The van der Waals surface area contributed by atoms with Crippen molar-refractivity contribution < 1.29 is 14.3 Å². The van der Waals surface area contributed by atoms with E-state index in [2.05, 4.69) is 22.8 Å². The highest BCUT2D eigenvalue weighted by atomic mass is 35.5. The van der Waals surface area contributed by atoms with Crippen LogP contribution >= 0.6 is 22.9 Å². The zero-order valence-corrected chi connectivity index (χ0v) is 16.3. The molecule has 7 heteroatoms. The highest BCUT2D eigenvalue weighted by molar-refractivity contribution is 7.15. The lowest BCUT2D eigenvalue weighted by Gasteiger charge is -2.31. The molecule has 0 saturated carbocycles. The van der Waals surface area contributed by atoms with Gasteiger partial charge in [0.25, 0.3) is 5.91 Å². The van der Waals surface area contributed by atoms with E-state index in [1.54, 1.807) is 7.05 Å². The Balaban J connectivity index is 1.83. The Morgan fingerprint density at radius 3 is 2.78 bits per heavy atom. The van der Waals surface area contributed by atoms with Crippen molar-refractivity contribution in [3.63, 3.8) is 0 Å². The average Bonchev–Trinajstić information content (AvgIpc) is 3.15. The van der Waals surface area contributed by atoms with E-state index in [-0.39, 0.29) is 17.7 Å². The van der Waals surface area contributed by atoms with E-state index in [9.17, 15) is 9.59 Å². The Hall–Kier alpha value is -2.15. The minimum Gasteiger partial charge on any atom is -0.377 e. The molecule has 0 spiro atoms. The molecule has 2 unspecified atom stereocenters. The monoisotopic (exact) mass is 402 g/mol. The van der Waals surface area contributed by atoms with Gasteiger partial charge in [0.1, 0.15) is 6.04 Å². The van der Waals surface area contributed by atoms with Gasteiger partial charge in [-0.3, -0.25) is 9.59 Å². The van der Waals surface area contributed by atoms with Crippen molar-refractivity contribution in [2.45, 2.75) is 18.4 Å². The van der Waals surface area contributed by atoms with E-state index in [0.29, 0.717) is 23.1 Å². The molecule has 4 rings (SSSR count). The molecule has 0 fully saturated rings. The summed E-state index contributed by atoms with van der Waals surface area (Å²) in [4.78, 5) is 26.9. The molecule has 1 aromatic heterocycles. The van der Waals surface area contributed by atoms with Crippen molar-refractivity contribution in [2.75, 3.05) is 20.3 Å². The molecule has 2 amide bonds. The molecule has 2 N–H and O–H groups in total. The summed E-state index contributed by atoms with van der Waals surface area (Å²) in [5, 5.41) is 6.18. The van der Waals surface area contributed by atoms with Crippen LogP contribution in [0, 0.1) is 0 Å². The maximum Gasteiger partial charge on any atom is 0.262 e. The first-order valence-electron chi connectivity index (χ1n) is 8.77. The Morgan fingerprint density at radius 2 is 2.11 bits per heavy atom. The maximum atomic E-state index is 12.7. The van der Waals surface area contributed by atoms with Crippen LogP contribution in [0.3, 0.4) is 0 Å². The zero-order valence-electron chi connectivity index (χ0n) is 14.8. The molecule has 0 saturated heterocycles. The normalized spacial score (nSPS) is 21.9. The summed E-state index contributed by atoms with van der Waals surface area (Å²) >= 11 is 7.52. The lowest BCUT2D eigenvalue weighted by Crippen LogP contribution is -2.52. The predicted molar refractivity (Wildman–Crippen MR) is 106 cm³/mol. The third kappa shape index (κ3) is 3.40. The lowest BCUT2D eigenvalue weighted by molar-refractivity contribution is -0.122. The van der Waals surface area contributed by atoms with E-state index in [4.69, 9.17) is 16.3 Å². The number of carbonyl (C=O) groups excluding carboxylic acids is 2. The quantitative estimate of drug-likeness (QED) is 0.828. The number of likely N-dealkylation sites (N-methyl/N-ethyl adjacent to an activating group) is 1. The van der Waals surface area contributed by atoms with Gasteiger partial charge in [-0.25, -0.2) is 0 Å². The number of nitrogens with one attached hydrogen (secondary N) is 2. The summed E-state index contributed by atoms with van der Waals surface area (Å²) in [7, 11) is 1.58. The summed E-state index contributed by atoms with van der Waals surface area (Å²) in [5.41, 5.74) is 3.03. The van der Waals surface area contributed by atoms with Gasteiger partial charge in [0.2, 0.25) is 5.91 Å². The molecule has 140 valence electrons. The summed E-state index contributed by atoms with van der Waals surface area (Å²) < 4.78 is 5.39. The molecule has 2 aliphatic rings. The number of hydrogen-bond acceptors (Lipinski definition) is 4. The first kappa shape index (κ1) is 18.2. The van der Waals surface area contributed by atoms with Crippen LogP contribution in [-0.4, -0.2) is 38.1 Å². The fourth-order valence-electron chi connectivity index (χ4n) is 3.61. The zero-order chi connectivity index (χ0) is 19.0. The van der Waals surface area contributed by atoms with Crippen LogP contribution in [0.2, 0.25) is 5.02 Å². The second-order valence-corrected chi connectivity index (χ2v) is 8.03. The number of benzene rings is 1. The van der Waals surface area contributed by atoms with Crippen LogP contribution in [0.5, 0.6) is 0 Å². The van der Waals surface area contributed by atoms with Gasteiger partial charge in [-0.1, -0.05) is 29.8 Å². The van der Waals surface area contributed by atoms with E-state index < -0.39 is 6.04 Å². The van der Waals surface area contributed by atoms with E-state index in [1.807, 2.05) is 24.3 Å². The molecule has 0 radical (unpaired) electrons. The highest BCUT2D eigenvalue weighted by Gasteiger charge is 2.40. The fourth-order valence-corrected chi connectivity index (χ4v) is 4.91.